The molecule has 6 heteroatoms. The van der Waals surface area contributed by atoms with Crippen LogP contribution in [-0.2, 0) is 0 Å². The zero-order valence-corrected chi connectivity index (χ0v) is 6.56. The maximum Gasteiger partial charge on any atom is 0.152 e. The van der Waals surface area contributed by atoms with E-state index in [1.807, 2.05) is 0 Å². The van der Waals surface area contributed by atoms with Crippen LogP contribution in [0.4, 0.5) is 5.82 Å². The van der Waals surface area contributed by atoms with Crippen molar-refractivity contribution in [3.05, 3.63) is 33.3 Å². The lowest BCUT2D eigenvalue weighted by Crippen LogP contribution is -1.84. The van der Waals surface area contributed by atoms with Gasteiger partial charge in [-0.2, -0.15) is 0 Å². The number of azide groups is 1. The van der Waals surface area contributed by atoms with Crippen LogP contribution in [0.3, 0.4) is 0 Å². The summed E-state index contributed by atoms with van der Waals surface area (Å²) in [4.78, 5) is 16.5. The van der Waals surface area contributed by atoms with Gasteiger partial charge in [-0.1, -0.05) is 11.6 Å². The molecule has 1 rings (SSSR count). The predicted molar refractivity (Wildman–Crippen MR) is 43.4 cm³/mol. The average Bonchev–Trinajstić information content (AvgIpc) is 2.05. The molecule has 5 nitrogen and oxygen atoms in total. The molecule has 1 aromatic rings. The quantitative estimate of drug-likeness (QED) is 0.232. The molecule has 0 amide bonds. The van der Waals surface area contributed by atoms with Crippen molar-refractivity contribution in [1.29, 1.82) is 0 Å². The third-order valence-electron chi connectivity index (χ3n) is 1.14. The molecule has 0 aliphatic carbocycles. The zero-order chi connectivity index (χ0) is 8.97. The molecule has 0 fully saturated rings. The molecule has 0 bridgehead atoms. The molecular formula is C6H3ClN4O. The van der Waals surface area contributed by atoms with Crippen LogP contribution >= 0.6 is 11.6 Å². The first-order chi connectivity index (χ1) is 5.77. The van der Waals surface area contributed by atoms with Crippen molar-refractivity contribution < 1.29 is 4.79 Å². The molecule has 0 radical (unpaired) electrons. The third-order valence-corrected chi connectivity index (χ3v) is 1.35. The van der Waals surface area contributed by atoms with Gasteiger partial charge in [0.2, 0.25) is 0 Å². The second kappa shape index (κ2) is 3.71. The smallest absolute Gasteiger partial charge is 0.152 e. The summed E-state index contributed by atoms with van der Waals surface area (Å²) < 4.78 is 0. The Balaban J connectivity index is 3.29. The topological polar surface area (TPSA) is 78.7 Å². The van der Waals surface area contributed by atoms with Gasteiger partial charge in [-0.05, 0) is 22.8 Å². The minimum absolute atomic E-state index is 0.000000000000000444. The van der Waals surface area contributed by atoms with Gasteiger partial charge >= 0.3 is 0 Å². The van der Waals surface area contributed by atoms with Gasteiger partial charge in [-0.25, -0.2) is 4.98 Å². The highest BCUT2D eigenvalue weighted by molar-refractivity contribution is 6.29. The number of hydrogen-bond donors (Lipinski definition) is 0. The molecule has 12 heavy (non-hydrogen) atoms. The molecule has 0 aliphatic rings. The van der Waals surface area contributed by atoms with E-state index in [9.17, 15) is 4.79 Å². The second-order valence-corrected chi connectivity index (χ2v) is 2.24. The first-order valence-corrected chi connectivity index (χ1v) is 3.32. The fraction of sp³-hybridized carbons (Fsp3) is 0. The van der Waals surface area contributed by atoms with Crippen LogP contribution < -0.4 is 0 Å². The predicted octanol–water partition coefficient (Wildman–Crippen LogP) is 2.49. The molecule has 0 saturated carbocycles. The second-order valence-electron chi connectivity index (χ2n) is 1.85. The van der Waals surface area contributed by atoms with E-state index in [-0.39, 0.29) is 16.5 Å². The molecule has 0 aromatic carbocycles. The monoisotopic (exact) mass is 182 g/mol. The lowest BCUT2D eigenvalue weighted by Gasteiger charge is -1.95. The zero-order valence-electron chi connectivity index (χ0n) is 5.81. The van der Waals surface area contributed by atoms with Crippen molar-refractivity contribution in [2.24, 2.45) is 5.11 Å². The van der Waals surface area contributed by atoms with E-state index in [4.69, 9.17) is 17.1 Å². The summed E-state index contributed by atoms with van der Waals surface area (Å²) in [6.07, 6.45) is 0.549. The first-order valence-electron chi connectivity index (χ1n) is 2.94. The van der Waals surface area contributed by atoms with Gasteiger partial charge in [0.15, 0.2) is 6.29 Å². The number of hydrogen-bond acceptors (Lipinski definition) is 3. The summed E-state index contributed by atoms with van der Waals surface area (Å²) in [5.41, 5.74) is 8.31. The van der Waals surface area contributed by atoms with Crippen LogP contribution in [0.5, 0.6) is 0 Å². The largest absolute Gasteiger partial charge is 0.298 e. The summed E-state index contributed by atoms with van der Waals surface area (Å²) in [5, 5.41) is 3.38. The molecule has 0 atom stereocenters. The highest BCUT2D eigenvalue weighted by Gasteiger charge is 2.00. The fourth-order valence-electron chi connectivity index (χ4n) is 0.651. The number of rotatable bonds is 2. The van der Waals surface area contributed by atoms with Crippen LogP contribution in [0.2, 0.25) is 5.15 Å². The Bertz CT molecular complexity index is 359. The maximum atomic E-state index is 10.3. The lowest BCUT2D eigenvalue weighted by molar-refractivity contribution is 0.112. The van der Waals surface area contributed by atoms with Crippen molar-refractivity contribution in [2.75, 3.05) is 0 Å². The number of aldehydes is 1. The molecule has 0 spiro atoms. The van der Waals surface area contributed by atoms with Gasteiger partial charge in [-0.15, -0.1) is 0 Å². The molecule has 1 heterocycles. The summed E-state index contributed by atoms with van der Waals surface area (Å²) in [6.45, 7) is 0. The number of nitrogens with zero attached hydrogens (tertiary/aromatic N) is 4. The Labute approximate surface area is 72.6 Å². The van der Waals surface area contributed by atoms with Gasteiger partial charge in [0.25, 0.3) is 0 Å². The molecule has 0 saturated heterocycles. The number of carbonyl (C=O) groups excluding carboxylic acids is 1. The molecule has 0 unspecified atom stereocenters. The Hall–Kier alpha value is -1.58. The van der Waals surface area contributed by atoms with Crippen LogP contribution in [0.25, 0.3) is 10.4 Å². The normalized spacial score (nSPS) is 8.75. The van der Waals surface area contributed by atoms with E-state index in [0.29, 0.717) is 6.29 Å². The molecule has 60 valence electrons. The standard InChI is InChI=1S/C6H3ClN4O/c7-5-2-1-4(3-12)6(9-5)10-11-8/h1-3H. The third kappa shape index (κ3) is 1.72. The average molecular weight is 183 g/mol. The van der Waals surface area contributed by atoms with Gasteiger partial charge in [0.05, 0.1) is 0 Å². The minimum Gasteiger partial charge on any atom is -0.298 e. The summed E-state index contributed by atoms with van der Waals surface area (Å²) >= 11 is 5.50. The van der Waals surface area contributed by atoms with E-state index >= 15 is 0 Å². The number of carbonyl (C=O) groups is 1. The van der Waals surface area contributed by atoms with Crippen molar-refractivity contribution in [3.8, 4) is 0 Å². The number of halogens is 1. The van der Waals surface area contributed by atoms with Crippen molar-refractivity contribution >= 4 is 23.7 Å². The summed E-state index contributed by atoms with van der Waals surface area (Å²) in [5.74, 6) is 0.000000000000000444. The van der Waals surface area contributed by atoms with E-state index in [0.717, 1.165) is 0 Å². The van der Waals surface area contributed by atoms with Crippen molar-refractivity contribution in [1.82, 2.24) is 4.98 Å². The van der Waals surface area contributed by atoms with Crippen molar-refractivity contribution in [3.63, 3.8) is 0 Å². The number of pyridine rings is 1. The van der Waals surface area contributed by atoms with Gasteiger partial charge in [0, 0.05) is 10.5 Å². The first kappa shape index (κ1) is 8.52. The van der Waals surface area contributed by atoms with E-state index in [2.05, 4.69) is 15.0 Å². The van der Waals surface area contributed by atoms with Crippen molar-refractivity contribution in [2.45, 2.75) is 0 Å². The molecular weight excluding hydrogens is 180 g/mol. The molecule has 0 N–H and O–H groups in total. The van der Waals surface area contributed by atoms with E-state index in [1.165, 1.54) is 12.1 Å². The maximum absolute atomic E-state index is 10.3. The van der Waals surface area contributed by atoms with E-state index in [1.54, 1.807) is 0 Å². The van der Waals surface area contributed by atoms with Crippen LogP contribution in [0.15, 0.2) is 17.2 Å². The Morgan fingerprint density at radius 2 is 2.42 bits per heavy atom. The highest BCUT2D eigenvalue weighted by Crippen LogP contribution is 2.17. The number of aromatic nitrogens is 1. The van der Waals surface area contributed by atoms with Gasteiger partial charge in [-0.3, -0.25) is 4.79 Å². The molecule has 1 aromatic heterocycles. The Morgan fingerprint density at radius 3 is 3.00 bits per heavy atom. The van der Waals surface area contributed by atoms with Crippen LogP contribution in [-0.4, -0.2) is 11.3 Å². The highest BCUT2D eigenvalue weighted by atomic mass is 35.5. The lowest BCUT2D eigenvalue weighted by atomic mass is 10.3. The summed E-state index contributed by atoms with van der Waals surface area (Å²) in [7, 11) is 0. The van der Waals surface area contributed by atoms with E-state index < -0.39 is 0 Å². The van der Waals surface area contributed by atoms with Gasteiger partial charge in [0.1, 0.15) is 11.0 Å². The van der Waals surface area contributed by atoms with Crippen LogP contribution in [0, 0.1) is 0 Å². The Morgan fingerprint density at radius 1 is 1.67 bits per heavy atom. The Kier molecular flexibility index (Phi) is 2.63. The fourth-order valence-corrected chi connectivity index (χ4v) is 0.794. The minimum atomic E-state index is 0.000000000000000444. The van der Waals surface area contributed by atoms with Gasteiger partial charge < -0.3 is 0 Å². The molecule has 0 aliphatic heterocycles. The van der Waals surface area contributed by atoms with Crippen LogP contribution in [0.1, 0.15) is 10.4 Å². The SMILES string of the molecule is [N-]=[N+]=Nc1nc(Cl)ccc1C=O. The summed E-state index contributed by atoms with van der Waals surface area (Å²) in [6, 6.07) is 2.88.